The molecule has 0 saturated carbocycles. The zero-order valence-electron chi connectivity index (χ0n) is 31.2. The molecule has 3 rings (SSSR count). The van der Waals surface area contributed by atoms with E-state index in [0.29, 0.717) is 22.3 Å². The zero-order chi connectivity index (χ0) is 39.9. The summed E-state index contributed by atoms with van der Waals surface area (Å²) in [6.45, 7) is 7.24. The first-order chi connectivity index (χ1) is 25.6. The Morgan fingerprint density at radius 2 is 0.833 bits per heavy atom. The van der Waals surface area contributed by atoms with Crippen molar-refractivity contribution in [1.29, 1.82) is 0 Å². The van der Waals surface area contributed by atoms with Gasteiger partial charge in [0.15, 0.2) is 0 Å². The summed E-state index contributed by atoms with van der Waals surface area (Å²) in [6.07, 6.45) is 3.73. The number of rotatable bonds is 14. The van der Waals surface area contributed by atoms with Crippen LogP contribution in [0.3, 0.4) is 0 Å². The second kappa shape index (κ2) is 20.7. The Morgan fingerprint density at radius 1 is 0.519 bits per heavy atom. The number of benzene rings is 3. The molecule has 0 aliphatic heterocycles. The van der Waals surface area contributed by atoms with Gasteiger partial charge >= 0.3 is 23.9 Å². The SMILES string of the molecule is CSc1ccc(C(C/C(=N\OC(C)=O)c2ccc(/C(CC(c3ccc(SC)cc3)N(OC(C)=O)C(C)=O)=N/OC(C)=O)cc2)N(OC(C)=O)C(C)=O)cc1. The van der Waals surface area contributed by atoms with Gasteiger partial charge in [0.25, 0.3) is 11.8 Å². The molecule has 2 amide bonds. The van der Waals surface area contributed by atoms with E-state index in [-0.39, 0.29) is 24.3 Å². The van der Waals surface area contributed by atoms with Gasteiger partial charge in [-0.2, -0.15) is 10.1 Å². The molecule has 0 radical (unpaired) electrons. The van der Waals surface area contributed by atoms with E-state index in [1.807, 2.05) is 36.8 Å². The summed E-state index contributed by atoms with van der Waals surface area (Å²) in [5.74, 6) is -3.91. The summed E-state index contributed by atoms with van der Waals surface area (Å²) in [5, 5.41) is 10.1. The predicted molar refractivity (Wildman–Crippen MR) is 203 cm³/mol. The molecule has 286 valence electrons. The zero-order valence-corrected chi connectivity index (χ0v) is 32.8. The Labute approximate surface area is 322 Å². The van der Waals surface area contributed by atoms with Crippen molar-refractivity contribution in [1.82, 2.24) is 10.1 Å². The summed E-state index contributed by atoms with van der Waals surface area (Å²) < 4.78 is 0. The van der Waals surface area contributed by atoms with E-state index in [1.54, 1.807) is 48.5 Å². The van der Waals surface area contributed by atoms with Crippen molar-refractivity contribution in [2.75, 3.05) is 12.5 Å². The molecule has 0 spiro atoms. The number of carbonyl (C=O) groups excluding carboxylic acids is 6. The van der Waals surface area contributed by atoms with Crippen LogP contribution in [0.15, 0.2) is 92.9 Å². The topological polar surface area (TPSA) is 171 Å². The van der Waals surface area contributed by atoms with E-state index in [4.69, 9.17) is 19.4 Å². The van der Waals surface area contributed by atoms with Gasteiger partial charge in [-0.3, -0.25) is 19.2 Å². The quantitative estimate of drug-likeness (QED) is 0.0747. The number of hydroxylamine groups is 4. The highest BCUT2D eigenvalue weighted by Gasteiger charge is 2.31. The fourth-order valence-corrected chi connectivity index (χ4v) is 5.99. The maximum atomic E-state index is 12.8. The van der Waals surface area contributed by atoms with Crippen molar-refractivity contribution in [3.63, 3.8) is 0 Å². The van der Waals surface area contributed by atoms with Crippen molar-refractivity contribution in [3.05, 3.63) is 95.1 Å². The maximum Gasteiger partial charge on any atom is 0.331 e. The summed E-state index contributed by atoms with van der Waals surface area (Å²) in [4.78, 5) is 96.4. The van der Waals surface area contributed by atoms with Crippen molar-refractivity contribution in [2.24, 2.45) is 10.3 Å². The molecule has 16 heteroatoms. The van der Waals surface area contributed by atoms with Crippen LogP contribution in [0.5, 0.6) is 0 Å². The Bertz CT molecular complexity index is 1740. The number of hydrogen-bond acceptors (Lipinski definition) is 14. The molecule has 0 heterocycles. The number of oxime groups is 2. The number of nitrogens with zero attached hydrogens (tertiary/aromatic N) is 4. The molecule has 14 nitrogen and oxygen atoms in total. The third kappa shape index (κ3) is 12.9. The predicted octanol–water partition coefficient (Wildman–Crippen LogP) is 6.58. The highest BCUT2D eigenvalue weighted by atomic mass is 32.2. The molecule has 0 N–H and O–H groups in total. The van der Waals surface area contributed by atoms with E-state index in [2.05, 4.69) is 10.3 Å². The van der Waals surface area contributed by atoms with E-state index < -0.39 is 47.8 Å². The summed E-state index contributed by atoms with van der Waals surface area (Å²) >= 11 is 3.06. The normalized spacial score (nSPS) is 12.5. The van der Waals surface area contributed by atoms with Crippen LogP contribution in [0.1, 0.15) is 88.7 Å². The standard InChI is InChI=1S/C38H42N4O10S2/c1-23(43)41(51-27(5)47)37(31-13-17-33(53-7)18-14-31)21-35(39-49-25(3)45)29-9-11-30(12-10-29)36(40-50-26(4)46)22-38(42(24(2)44)52-28(6)48)32-15-19-34(54-8)20-16-32/h9-20,37-38H,21-22H2,1-8H3/b39-35+,40-36+. The fraction of sp³-hybridized carbons (Fsp3) is 0.316. The highest BCUT2D eigenvalue weighted by Crippen LogP contribution is 2.32. The molecule has 0 saturated heterocycles. The number of thioether (sulfide) groups is 2. The van der Waals surface area contributed by atoms with Crippen molar-refractivity contribution in [3.8, 4) is 0 Å². The third-order valence-corrected chi connectivity index (χ3v) is 9.02. The molecule has 0 bridgehead atoms. The van der Waals surface area contributed by atoms with Crippen LogP contribution in [-0.4, -0.2) is 69.8 Å². The number of amides is 2. The largest absolute Gasteiger partial charge is 0.338 e. The van der Waals surface area contributed by atoms with Gasteiger partial charge in [-0.15, -0.1) is 23.5 Å². The monoisotopic (exact) mass is 778 g/mol. The molecule has 2 atom stereocenters. The Hall–Kier alpha value is -5.48. The van der Waals surface area contributed by atoms with Gasteiger partial charge in [0.2, 0.25) is 0 Å². The number of carbonyl (C=O) groups is 6. The minimum atomic E-state index is -0.880. The molecule has 54 heavy (non-hydrogen) atoms. The Kier molecular flexibility index (Phi) is 16.4. The highest BCUT2D eigenvalue weighted by molar-refractivity contribution is 7.98. The molecule has 0 aromatic heterocycles. The molecule has 3 aromatic rings. The van der Waals surface area contributed by atoms with Crippen LogP contribution >= 0.6 is 23.5 Å². The second-order valence-electron chi connectivity index (χ2n) is 11.7. The molecule has 0 fully saturated rings. The van der Waals surface area contributed by atoms with Gasteiger partial charge < -0.3 is 19.4 Å². The van der Waals surface area contributed by atoms with Gasteiger partial charge in [0, 0.05) is 64.2 Å². The minimum Gasteiger partial charge on any atom is -0.338 e. The lowest BCUT2D eigenvalue weighted by Gasteiger charge is -2.29. The van der Waals surface area contributed by atoms with E-state index in [9.17, 15) is 28.8 Å². The summed E-state index contributed by atoms with van der Waals surface area (Å²) in [7, 11) is 0. The van der Waals surface area contributed by atoms with Gasteiger partial charge in [-0.25, -0.2) is 9.59 Å². The minimum absolute atomic E-state index is 0.0590. The maximum absolute atomic E-state index is 12.8. The lowest BCUT2D eigenvalue weighted by Crippen LogP contribution is -2.36. The van der Waals surface area contributed by atoms with Gasteiger partial charge in [0.05, 0.1) is 11.4 Å². The van der Waals surface area contributed by atoms with E-state index in [0.717, 1.165) is 19.9 Å². The van der Waals surface area contributed by atoms with Crippen LogP contribution in [0.4, 0.5) is 0 Å². The van der Waals surface area contributed by atoms with E-state index >= 15 is 0 Å². The van der Waals surface area contributed by atoms with Crippen LogP contribution in [-0.2, 0) is 48.1 Å². The first-order valence-corrected chi connectivity index (χ1v) is 18.9. The lowest BCUT2D eigenvalue weighted by molar-refractivity contribution is -0.204. The van der Waals surface area contributed by atoms with Gasteiger partial charge in [-0.05, 0) is 59.0 Å². The molecular weight excluding hydrogens is 737 g/mol. The van der Waals surface area contributed by atoms with Crippen LogP contribution < -0.4 is 0 Å². The fourth-order valence-electron chi connectivity index (χ4n) is 5.17. The Balaban J connectivity index is 2.13. The average Bonchev–Trinajstić information content (AvgIpc) is 3.13. The summed E-state index contributed by atoms with van der Waals surface area (Å²) in [6, 6.07) is 19.5. The van der Waals surface area contributed by atoms with Gasteiger partial charge in [0.1, 0.15) is 12.1 Å². The first-order valence-electron chi connectivity index (χ1n) is 16.5. The van der Waals surface area contributed by atoms with E-state index in [1.165, 1.54) is 65.1 Å². The van der Waals surface area contributed by atoms with Crippen LogP contribution in [0, 0.1) is 0 Å². The number of hydrogen-bond donors (Lipinski definition) is 0. The lowest BCUT2D eigenvalue weighted by atomic mass is 9.94. The first kappa shape index (κ1) is 42.9. The van der Waals surface area contributed by atoms with Crippen LogP contribution in [0.2, 0.25) is 0 Å². The molecule has 0 aliphatic carbocycles. The third-order valence-electron chi connectivity index (χ3n) is 7.54. The smallest absolute Gasteiger partial charge is 0.331 e. The van der Waals surface area contributed by atoms with Crippen molar-refractivity contribution >= 4 is 70.6 Å². The molecule has 0 aliphatic rings. The van der Waals surface area contributed by atoms with Crippen molar-refractivity contribution < 1.29 is 48.1 Å². The molecular formula is C38H42N4O10S2. The van der Waals surface area contributed by atoms with Gasteiger partial charge in [-0.1, -0.05) is 58.8 Å². The second-order valence-corrected chi connectivity index (χ2v) is 13.4. The van der Waals surface area contributed by atoms with Crippen molar-refractivity contribution in [2.45, 2.75) is 76.3 Å². The van der Waals surface area contributed by atoms with Crippen LogP contribution in [0.25, 0.3) is 0 Å². The molecule has 2 unspecified atom stereocenters. The molecule has 3 aromatic carbocycles. The summed E-state index contributed by atoms with van der Waals surface area (Å²) in [5.41, 5.74) is 2.59. The average molecular weight is 779 g/mol. The Morgan fingerprint density at radius 3 is 1.07 bits per heavy atom.